The number of rotatable bonds is 4. The van der Waals surface area contributed by atoms with Crippen molar-refractivity contribution >= 4 is 23.3 Å². The number of nitro benzene ring substituents is 1. The number of aromatic nitrogens is 1. The maximum atomic E-state index is 10.8. The van der Waals surface area contributed by atoms with Gasteiger partial charge in [0.05, 0.1) is 16.8 Å². The van der Waals surface area contributed by atoms with Crippen LogP contribution in [0.15, 0.2) is 42.6 Å². The van der Waals surface area contributed by atoms with Crippen LogP contribution in [0.5, 0.6) is 0 Å². The summed E-state index contributed by atoms with van der Waals surface area (Å²) in [5.41, 5.74) is 1.25. The summed E-state index contributed by atoms with van der Waals surface area (Å²) in [5.74, 6) is 0. The zero-order valence-corrected chi connectivity index (χ0v) is 9.24. The standard InChI is InChI=1S/C12H9N3O3/c16-8-10-6-5-9(7-13-10)14-11-3-1-2-4-12(11)15(17)18/h1-8,14H. The van der Waals surface area contributed by atoms with Crippen molar-refractivity contribution in [3.05, 3.63) is 58.4 Å². The molecule has 2 rings (SSSR count). The molecule has 1 aromatic carbocycles. The number of benzene rings is 1. The first-order chi connectivity index (χ1) is 8.70. The van der Waals surface area contributed by atoms with E-state index in [0.717, 1.165) is 0 Å². The summed E-state index contributed by atoms with van der Waals surface area (Å²) >= 11 is 0. The molecule has 1 heterocycles. The minimum atomic E-state index is -0.463. The highest BCUT2D eigenvalue weighted by molar-refractivity contribution is 5.74. The average molecular weight is 243 g/mol. The second-order valence-corrected chi connectivity index (χ2v) is 3.49. The Morgan fingerprint density at radius 1 is 1.22 bits per heavy atom. The van der Waals surface area contributed by atoms with Crippen molar-refractivity contribution in [3.63, 3.8) is 0 Å². The van der Waals surface area contributed by atoms with Crippen molar-refractivity contribution < 1.29 is 9.72 Å². The predicted molar refractivity (Wildman–Crippen MR) is 66.0 cm³/mol. The van der Waals surface area contributed by atoms with Crippen LogP contribution in [0.2, 0.25) is 0 Å². The van der Waals surface area contributed by atoms with E-state index in [1.165, 1.54) is 18.3 Å². The predicted octanol–water partition coefficient (Wildman–Crippen LogP) is 2.55. The third kappa shape index (κ3) is 2.49. The van der Waals surface area contributed by atoms with Crippen molar-refractivity contribution in [1.29, 1.82) is 0 Å². The molecule has 0 saturated carbocycles. The Morgan fingerprint density at radius 2 is 2.00 bits per heavy atom. The van der Waals surface area contributed by atoms with Crippen LogP contribution in [0, 0.1) is 10.1 Å². The molecule has 0 aliphatic rings. The molecule has 0 unspecified atom stereocenters. The number of para-hydroxylation sites is 2. The summed E-state index contributed by atoms with van der Waals surface area (Å²) in [6, 6.07) is 9.47. The summed E-state index contributed by atoms with van der Waals surface area (Å²) in [7, 11) is 0. The van der Waals surface area contributed by atoms with Crippen LogP contribution in [0.3, 0.4) is 0 Å². The Balaban J connectivity index is 2.28. The molecule has 6 nitrogen and oxygen atoms in total. The lowest BCUT2D eigenvalue weighted by atomic mass is 10.2. The van der Waals surface area contributed by atoms with E-state index in [4.69, 9.17) is 0 Å². The molecule has 1 aromatic heterocycles. The Morgan fingerprint density at radius 3 is 2.61 bits per heavy atom. The third-order valence-corrected chi connectivity index (χ3v) is 2.29. The number of anilines is 2. The van der Waals surface area contributed by atoms with Gasteiger partial charge < -0.3 is 5.32 Å². The second-order valence-electron chi connectivity index (χ2n) is 3.49. The third-order valence-electron chi connectivity index (χ3n) is 2.29. The summed E-state index contributed by atoms with van der Waals surface area (Å²) in [6.45, 7) is 0. The molecule has 6 heteroatoms. The SMILES string of the molecule is O=Cc1ccc(Nc2ccccc2[N+](=O)[O-])cn1. The van der Waals surface area contributed by atoms with Gasteiger partial charge in [-0.05, 0) is 18.2 Å². The molecule has 90 valence electrons. The van der Waals surface area contributed by atoms with Gasteiger partial charge in [0.2, 0.25) is 0 Å². The fourth-order valence-corrected chi connectivity index (χ4v) is 1.44. The molecule has 2 aromatic rings. The first kappa shape index (κ1) is 11.7. The maximum Gasteiger partial charge on any atom is 0.292 e. The summed E-state index contributed by atoms with van der Waals surface area (Å²) in [4.78, 5) is 24.7. The van der Waals surface area contributed by atoms with Gasteiger partial charge in [0.1, 0.15) is 11.4 Å². The lowest BCUT2D eigenvalue weighted by molar-refractivity contribution is -0.383. The zero-order valence-electron chi connectivity index (χ0n) is 9.24. The van der Waals surface area contributed by atoms with Crippen molar-refractivity contribution in [2.24, 2.45) is 0 Å². The van der Waals surface area contributed by atoms with Gasteiger partial charge in [0.25, 0.3) is 5.69 Å². The molecule has 0 atom stereocenters. The van der Waals surface area contributed by atoms with E-state index in [9.17, 15) is 14.9 Å². The van der Waals surface area contributed by atoms with Gasteiger partial charge in [-0.1, -0.05) is 12.1 Å². The summed E-state index contributed by atoms with van der Waals surface area (Å²) in [6.07, 6.45) is 2.08. The van der Waals surface area contributed by atoms with E-state index in [-0.39, 0.29) is 5.69 Å². The van der Waals surface area contributed by atoms with Gasteiger partial charge in [-0.3, -0.25) is 19.9 Å². The van der Waals surface area contributed by atoms with Crippen LogP contribution in [0.1, 0.15) is 10.5 Å². The van der Waals surface area contributed by atoms with Crippen LogP contribution in [0.4, 0.5) is 17.1 Å². The average Bonchev–Trinajstić information content (AvgIpc) is 2.40. The van der Waals surface area contributed by atoms with E-state index in [0.29, 0.717) is 23.4 Å². The van der Waals surface area contributed by atoms with E-state index in [1.54, 1.807) is 24.3 Å². The molecular weight excluding hydrogens is 234 g/mol. The molecule has 0 aliphatic heterocycles. The van der Waals surface area contributed by atoms with Crippen molar-refractivity contribution in [3.8, 4) is 0 Å². The molecule has 0 saturated heterocycles. The quantitative estimate of drug-likeness (QED) is 0.506. The highest BCUT2D eigenvalue weighted by Gasteiger charge is 2.12. The molecule has 0 fully saturated rings. The first-order valence-electron chi connectivity index (χ1n) is 5.12. The lowest BCUT2D eigenvalue weighted by Gasteiger charge is -2.06. The van der Waals surface area contributed by atoms with Crippen molar-refractivity contribution in [2.45, 2.75) is 0 Å². The highest BCUT2D eigenvalue weighted by Crippen LogP contribution is 2.26. The Kier molecular flexibility index (Phi) is 3.29. The van der Waals surface area contributed by atoms with Gasteiger partial charge in [-0.15, -0.1) is 0 Å². The van der Waals surface area contributed by atoms with Crippen LogP contribution < -0.4 is 5.32 Å². The van der Waals surface area contributed by atoms with Gasteiger partial charge in [0.15, 0.2) is 6.29 Å². The lowest BCUT2D eigenvalue weighted by Crippen LogP contribution is -1.97. The monoisotopic (exact) mass is 243 g/mol. The number of carbonyl (C=O) groups excluding carboxylic acids is 1. The molecular formula is C12H9N3O3. The smallest absolute Gasteiger partial charge is 0.292 e. The second kappa shape index (κ2) is 5.05. The minimum Gasteiger partial charge on any atom is -0.349 e. The summed E-state index contributed by atoms with van der Waals surface area (Å²) < 4.78 is 0. The molecule has 0 bridgehead atoms. The van der Waals surface area contributed by atoms with E-state index in [2.05, 4.69) is 10.3 Å². The molecule has 0 radical (unpaired) electrons. The van der Waals surface area contributed by atoms with Crippen molar-refractivity contribution in [2.75, 3.05) is 5.32 Å². The number of hydrogen-bond acceptors (Lipinski definition) is 5. The number of nitrogens with one attached hydrogen (secondary N) is 1. The Labute approximate surface area is 102 Å². The Hall–Kier alpha value is -2.76. The van der Waals surface area contributed by atoms with E-state index < -0.39 is 4.92 Å². The van der Waals surface area contributed by atoms with Crippen molar-refractivity contribution in [1.82, 2.24) is 4.98 Å². The first-order valence-corrected chi connectivity index (χ1v) is 5.12. The maximum absolute atomic E-state index is 10.8. The molecule has 0 aliphatic carbocycles. The van der Waals surface area contributed by atoms with Crippen LogP contribution >= 0.6 is 0 Å². The minimum absolute atomic E-state index is 0.0167. The number of aldehydes is 1. The van der Waals surface area contributed by atoms with E-state index >= 15 is 0 Å². The van der Waals surface area contributed by atoms with Crippen LogP contribution in [-0.4, -0.2) is 16.2 Å². The number of hydrogen-bond donors (Lipinski definition) is 1. The zero-order chi connectivity index (χ0) is 13.0. The van der Waals surface area contributed by atoms with Crippen LogP contribution in [-0.2, 0) is 0 Å². The number of nitro groups is 1. The largest absolute Gasteiger partial charge is 0.349 e. The van der Waals surface area contributed by atoms with Gasteiger partial charge in [0, 0.05) is 6.07 Å². The number of nitrogens with zero attached hydrogens (tertiary/aromatic N) is 2. The van der Waals surface area contributed by atoms with E-state index in [1.807, 2.05) is 0 Å². The van der Waals surface area contributed by atoms with Gasteiger partial charge in [-0.25, -0.2) is 0 Å². The Bertz CT molecular complexity index is 581. The molecule has 18 heavy (non-hydrogen) atoms. The fourth-order valence-electron chi connectivity index (χ4n) is 1.44. The topological polar surface area (TPSA) is 85.1 Å². The summed E-state index contributed by atoms with van der Waals surface area (Å²) in [5, 5.41) is 13.7. The number of pyridine rings is 1. The normalized spacial score (nSPS) is 9.78. The van der Waals surface area contributed by atoms with Crippen LogP contribution in [0.25, 0.3) is 0 Å². The molecule has 0 spiro atoms. The van der Waals surface area contributed by atoms with Gasteiger partial charge in [-0.2, -0.15) is 0 Å². The fraction of sp³-hybridized carbons (Fsp3) is 0. The molecule has 1 N–H and O–H groups in total. The van der Waals surface area contributed by atoms with Gasteiger partial charge >= 0.3 is 0 Å². The molecule has 0 amide bonds. The number of carbonyl (C=O) groups is 1. The highest BCUT2D eigenvalue weighted by atomic mass is 16.6.